The smallest absolute Gasteiger partial charge is 0.417 e. The Balaban J connectivity index is 1.95. The van der Waals surface area contributed by atoms with Crippen molar-refractivity contribution in [1.82, 2.24) is 14.5 Å². The van der Waals surface area contributed by atoms with Crippen LogP contribution in [-0.2, 0) is 17.5 Å². The highest BCUT2D eigenvalue weighted by Gasteiger charge is 2.33. The molecule has 0 radical (unpaired) electrons. The van der Waals surface area contributed by atoms with Gasteiger partial charge in [0.1, 0.15) is 11.2 Å². The van der Waals surface area contributed by atoms with E-state index in [1.165, 1.54) is 0 Å². The van der Waals surface area contributed by atoms with Crippen LogP contribution in [0.3, 0.4) is 0 Å². The Kier molecular flexibility index (Phi) is 3.96. The van der Waals surface area contributed by atoms with E-state index in [4.69, 9.17) is 4.74 Å². The van der Waals surface area contributed by atoms with E-state index in [2.05, 4.69) is 4.98 Å². The zero-order chi connectivity index (χ0) is 18.6. The van der Waals surface area contributed by atoms with Crippen LogP contribution in [0.4, 0.5) is 18.0 Å². The molecular weight excluding hydrogens is 335 g/mol. The van der Waals surface area contributed by atoms with Gasteiger partial charge in [-0.05, 0) is 39.8 Å². The second kappa shape index (κ2) is 5.64. The lowest BCUT2D eigenvalue weighted by Gasteiger charge is -2.34. The molecule has 0 aromatic carbocycles. The quantitative estimate of drug-likeness (QED) is 0.705. The van der Waals surface area contributed by atoms with Crippen molar-refractivity contribution in [3.63, 3.8) is 0 Å². The number of rotatable bonds is 0. The molecule has 8 heteroatoms. The largest absolute Gasteiger partial charge is 0.444 e. The Morgan fingerprint density at radius 2 is 1.96 bits per heavy atom. The topological polar surface area (TPSA) is 47.4 Å². The fourth-order valence-corrected chi connectivity index (χ4v) is 3.06. The standard InChI is InChI=1S/C17H20F3N3O2/c1-10-8-22(15(24)25-16(2,3)4)9-13-6-11-5-12(17(18,19)20)7-21-14(11)23(10)13/h5-7,10H,8-9H2,1-4H3/t10-/m1/s1. The maximum absolute atomic E-state index is 12.9. The second-order valence-electron chi connectivity index (χ2n) is 7.35. The lowest BCUT2D eigenvalue weighted by atomic mass is 10.2. The molecule has 2 aromatic heterocycles. The van der Waals surface area contributed by atoms with Crippen molar-refractivity contribution in [1.29, 1.82) is 0 Å². The number of halogens is 3. The summed E-state index contributed by atoms with van der Waals surface area (Å²) in [6, 6.07) is 2.64. The van der Waals surface area contributed by atoms with E-state index in [0.29, 0.717) is 17.6 Å². The molecule has 0 aliphatic carbocycles. The van der Waals surface area contributed by atoms with Gasteiger partial charge in [0, 0.05) is 23.8 Å². The minimum absolute atomic E-state index is 0.113. The number of fused-ring (bicyclic) bond motifs is 3. The first-order valence-electron chi connectivity index (χ1n) is 8.01. The third-order valence-corrected chi connectivity index (χ3v) is 4.01. The van der Waals surface area contributed by atoms with Gasteiger partial charge in [0.2, 0.25) is 0 Å². The lowest BCUT2D eigenvalue weighted by molar-refractivity contribution is -0.137. The molecule has 1 aliphatic rings. The van der Waals surface area contributed by atoms with Crippen molar-refractivity contribution in [2.75, 3.05) is 6.54 Å². The molecule has 1 aliphatic heterocycles. The van der Waals surface area contributed by atoms with Crippen molar-refractivity contribution in [2.45, 2.75) is 52.1 Å². The molecule has 0 saturated heterocycles. The zero-order valence-electron chi connectivity index (χ0n) is 14.5. The number of pyridine rings is 1. The average molecular weight is 355 g/mol. The Hall–Kier alpha value is -2.25. The predicted molar refractivity (Wildman–Crippen MR) is 86.1 cm³/mol. The molecule has 0 N–H and O–H groups in total. The Morgan fingerprint density at radius 1 is 1.28 bits per heavy atom. The molecule has 0 bridgehead atoms. The van der Waals surface area contributed by atoms with Crippen LogP contribution in [-0.4, -0.2) is 32.7 Å². The van der Waals surface area contributed by atoms with E-state index in [0.717, 1.165) is 18.0 Å². The minimum atomic E-state index is -4.43. The molecular formula is C17H20F3N3O2. The summed E-state index contributed by atoms with van der Waals surface area (Å²) in [4.78, 5) is 17.9. The summed E-state index contributed by atoms with van der Waals surface area (Å²) < 4.78 is 45.9. The molecule has 1 atom stereocenters. The number of nitrogens with zero attached hydrogens (tertiary/aromatic N) is 3. The normalized spacial score (nSPS) is 18.4. The van der Waals surface area contributed by atoms with Crippen molar-refractivity contribution in [3.8, 4) is 0 Å². The third-order valence-electron chi connectivity index (χ3n) is 4.01. The summed E-state index contributed by atoms with van der Waals surface area (Å²) >= 11 is 0. The minimum Gasteiger partial charge on any atom is -0.444 e. The van der Waals surface area contributed by atoms with Crippen LogP contribution in [0.5, 0.6) is 0 Å². The van der Waals surface area contributed by atoms with Crippen LogP contribution >= 0.6 is 0 Å². The third kappa shape index (κ3) is 3.43. The summed E-state index contributed by atoms with van der Waals surface area (Å²) in [5, 5.41) is 0.419. The monoisotopic (exact) mass is 355 g/mol. The number of ether oxygens (including phenoxy) is 1. The molecule has 0 unspecified atom stereocenters. The van der Waals surface area contributed by atoms with Crippen LogP contribution in [0, 0.1) is 0 Å². The van der Waals surface area contributed by atoms with Gasteiger partial charge in [-0.15, -0.1) is 0 Å². The molecule has 136 valence electrons. The number of amides is 1. The second-order valence-corrected chi connectivity index (χ2v) is 7.35. The number of carbonyl (C=O) groups is 1. The lowest BCUT2D eigenvalue weighted by Crippen LogP contribution is -2.42. The van der Waals surface area contributed by atoms with Crippen LogP contribution < -0.4 is 0 Å². The predicted octanol–water partition coefficient (Wildman–Crippen LogP) is 4.37. The summed E-state index contributed by atoms with van der Waals surface area (Å²) in [6.07, 6.45) is -4.01. The van der Waals surface area contributed by atoms with Gasteiger partial charge in [0.25, 0.3) is 0 Å². The molecule has 0 fully saturated rings. The number of alkyl halides is 3. The van der Waals surface area contributed by atoms with Gasteiger partial charge in [-0.3, -0.25) is 0 Å². The first-order valence-corrected chi connectivity index (χ1v) is 8.01. The highest BCUT2D eigenvalue weighted by molar-refractivity contribution is 5.79. The molecule has 0 spiro atoms. The van der Waals surface area contributed by atoms with Crippen LogP contribution in [0.2, 0.25) is 0 Å². The fourth-order valence-electron chi connectivity index (χ4n) is 3.06. The van der Waals surface area contributed by atoms with Gasteiger partial charge in [-0.1, -0.05) is 0 Å². The maximum atomic E-state index is 12.9. The molecule has 3 rings (SSSR count). The summed E-state index contributed by atoms with van der Waals surface area (Å²) in [5.74, 6) is 0. The van der Waals surface area contributed by atoms with Gasteiger partial charge in [-0.25, -0.2) is 9.78 Å². The average Bonchev–Trinajstić information content (AvgIpc) is 2.82. The fraction of sp³-hybridized carbons (Fsp3) is 0.529. The van der Waals surface area contributed by atoms with Gasteiger partial charge < -0.3 is 14.2 Å². The molecule has 5 nitrogen and oxygen atoms in total. The maximum Gasteiger partial charge on any atom is 0.417 e. The highest BCUT2D eigenvalue weighted by Crippen LogP contribution is 2.34. The van der Waals surface area contributed by atoms with Crippen LogP contribution in [0.1, 0.15) is 45.0 Å². The molecule has 0 saturated carbocycles. The van der Waals surface area contributed by atoms with Crippen molar-refractivity contribution in [2.24, 2.45) is 0 Å². The molecule has 25 heavy (non-hydrogen) atoms. The number of aromatic nitrogens is 2. The van der Waals surface area contributed by atoms with Crippen molar-refractivity contribution < 1.29 is 22.7 Å². The number of hydrogen-bond donors (Lipinski definition) is 0. The van der Waals surface area contributed by atoms with E-state index < -0.39 is 23.4 Å². The van der Waals surface area contributed by atoms with Gasteiger partial charge in [0.15, 0.2) is 0 Å². The van der Waals surface area contributed by atoms with E-state index in [1.54, 1.807) is 31.7 Å². The van der Waals surface area contributed by atoms with E-state index in [1.807, 2.05) is 11.5 Å². The van der Waals surface area contributed by atoms with Crippen molar-refractivity contribution >= 4 is 17.1 Å². The first-order chi connectivity index (χ1) is 11.5. The summed E-state index contributed by atoms with van der Waals surface area (Å²) in [6.45, 7) is 7.96. The van der Waals surface area contributed by atoms with Gasteiger partial charge >= 0.3 is 12.3 Å². The summed E-state index contributed by atoms with van der Waals surface area (Å²) in [5.41, 5.74) is -0.140. The van der Waals surface area contributed by atoms with Gasteiger partial charge in [-0.2, -0.15) is 13.2 Å². The van der Waals surface area contributed by atoms with E-state index >= 15 is 0 Å². The van der Waals surface area contributed by atoms with Crippen LogP contribution in [0.15, 0.2) is 18.3 Å². The van der Waals surface area contributed by atoms with E-state index in [-0.39, 0.29) is 12.6 Å². The van der Waals surface area contributed by atoms with Crippen molar-refractivity contribution in [3.05, 3.63) is 29.6 Å². The Labute approximate surface area is 143 Å². The molecule has 3 heterocycles. The summed E-state index contributed by atoms with van der Waals surface area (Å²) in [7, 11) is 0. The molecule has 1 amide bonds. The Morgan fingerprint density at radius 3 is 2.56 bits per heavy atom. The Bertz CT molecular complexity index is 821. The molecule has 2 aromatic rings. The SMILES string of the molecule is C[C@@H]1CN(C(=O)OC(C)(C)C)Cc2cc3cc(C(F)(F)F)cnc3n21. The first kappa shape index (κ1) is 17.6. The highest BCUT2D eigenvalue weighted by atomic mass is 19.4. The van der Waals surface area contributed by atoms with Crippen LogP contribution in [0.25, 0.3) is 11.0 Å². The van der Waals surface area contributed by atoms with Gasteiger partial charge in [0.05, 0.1) is 18.2 Å². The zero-order valence-corrected chi connectivity index (χ0v) is 14.5. The van der Waals surface area contributed by atoms with E-state index in [9.17, 15) is 18.0 Å². The number of carbonyl (C=O) groups excluding carboxylic acids is 1. The number of hydrogen-bond acceptors (Lipinski definition) is 3.